The molecule has 0 bridgehead atoms. The highest BCUT2D eigenvalue weighted by molar-refractivity contribution is 6.01. The molecule has 0 aromatic carbocycles. The molecule has 0 aliphatic heterocycles. The predicted octanol–water partition coefficient (Wildman–Crippen LogP) is 4.41. The van der Waals surface area contributed by atoms with Gasteiger partial charge in [-0.25, -0.2) is 0 Å². The second-order valence-corrected chi connectivity index (χ2v) is 10.9. The van der Waals surface area contributed by atoms with Gasteiger partial charge in [0.2, 0.25) is 5.78 Å². The number of Topliss-reactive ketones (excluding diaryl/α,β-unsaturated/α-hetero) is 1. The summed E-state index contributed by atoms with van der Waals surface area (Å²) in [6, 6.07) is 0. The smallest absolute Gasteiger partial charge is 0.303 e. The fourth-order valence-corrected chi connectivity index (χ4v) is 7.25. The van der Waals surface area contributed by atoms with E-state index >= 15 is 0 Å². The Morgan fingerprint density at radius 1 is 1.21 bits per heavy atom. The van der Waals surface area contributed by atoms with Crippen molar-refractivity contribution in [1.82, 2.24) is 0 Å². The molecule has 4 aliphatic carbocycles. The molecule has 0 spiro atoms. The van der Waals surface area contributed by atoms with Crippen LogP contribution in [0.2, 0.25) is 0 Å². The maximum Gasteiger partial charge on any atom is 0.303 e. The van der Waals surface area contributed by atoms with E-state index in [0.29, 0.717) is 25.9 Å². The van der Waals surface area contributed by atoms with E-state index in [4.69, 9.17) is 9.47 Å². The Morgan fingerprint density at radius 3 is 2.68 bits per heavy atom. The Hall–Kier alpha value is -2.05. The average Bonchev–Trinajstić information content (AvgIpc) is 3.05. The lowest BCUT2D eigenvalue weighted by Crippen LogP contribution is -2.58. The Balaban J connectivity index is 1.69. The molecule has 0 aromatic rings. The van der Waals surface area contributed by atoms with Crippen molar-refractivity contribution in [3.63, 3.8) is 0 Å². The first kappa shape index (κ1) is 25.1. The summed E-state index contributed by atoms with van der Waals surface area (Å²) < 4.78 is 11.6. The highest BCUT2D eigenvalue weighted by Crippen LogP contribution is 2.65. The molecular formula is C28H38O6. The average molecular weight is 471 g/mol. The van der Waals surface area contributed by atoms with E-state index in [1.807, 2.05) is 13.0 Å². The molecule has 1 saturated carbocycles. The number of carbonyl (C=O) groups excluding carboxylic acids is 3. The number of allylic oxidation sites excluding steroid dienone is 5. The number of aliphatic hydroxyl groups excluding tert-OH is 1. The lowest BCUT2D eigenvalue weighted by atomic mass is 9.52. The van der Waals surface area contributed by atoms with Gasteiger partial charge in [-0.1, -0.05) is 43.9 Å². The molecule has 34 heavy (non-hydrogen) atoms. The van der Waals surface area contributed by atoms with Gasteiger partial charge in [0.05, 0.1) is 6.10 Å². The van der Waals surface area contributed by atoms with E-state index in [9.17, 15) is 19.5 Å². The first-order valence-corrected chi connectivity index (χ1v) is 12.8. The van der Waals surface area contributed by atoms with Gasteiger partial charge in [-0.3, -0.25) is 14.4 Å². The van der Waals surface area contributed by atoms with Crippen molar-refractivity contribution in [3.8, 4) is 0 Å². The summed E-state index contributed by atoms with van der Waals surface area (Å²) in [5, 5.41) is 11.5. The van der Waals surface area contributed by atoms with Crippen molar-refractivity contribution in [2.75, 3.05) is 13.2 Å². The van der Waals surface area contributed by atoms with Crippen molar-refractivity contribution in [1.29, 1.82) is 0 Å². The highest BCUT2D eigenvalue weighted by Gasteiger charge is 2.67. The summed E-state index contributed by atoms with van der Waals surface area (Å²) in [7, 11) is 0. The number of ketones is 2. The quantitative estimate of drug-likeness (QED) is 0.321. The van der Waals surface area contributed by atoms with Crippen molar-refractivity contribution >= 4 is 17.5 Å². The van der Waals surface area contributed by atoms with Crippen LogP contribution in [0.15, 0.2) is 34.9 Å². The van der Waals surface area contributed by atoms with Crippen LogP contribution < -0.4 is 0 Å². The Kier molecular flexibility index (Phi) is 6.78. The minimum atomic E-state index is -1.30. The van der Waals surface area contributed by atoms with Crippen LogP contribution in [0.1, 0.15) is 79.1 Å². The SMILES string of the molecule is CCCCCOCC(=O)[C@@]1(OC(C)=O)CC[C@H]2C3=C(C(O)C[C@@]21C)[C@@]1(C)C=CC(=O)C=C1CC3. The van der Waals surface area contributed by atoms with Crippen molar-refractivity contribution in [2.45, 2.75) is 90.8 Å². The van der Waals surface area contributed by atoms with Crippen molar-refractivity contribution in [3.05, 3.63) is 34.9 Å². The van der Waals surface area contributed by atoms with E-state index in [0.717, 1.165) is 43.3 Å². The number of ether oxygens (including phenoxy) is 2. The molecular weight excluding hydrogens is 432 g/mol. The monoisotopic (exact) mass is 470 g/mol. The second kappa shape index (κ2) is 9.19. The summed E-state index contributed by atoms with van der Waals surface area (Å²) >= 11 is 0. The van der Waals surface area contributed by atoms with Gasteiger partial charge in [0, 0.05) is 24.4 Å². The zero-order valence-electron chi connectivity index (χ0n) is 20.9. The van der Waals surface area contributed by atoms with E-state index in [1.165, 1.54) is 12.5 Å². The molecule has 6 nitrogen and oxygen atoms in total. The molecule has 1 N–H and O–H groups in total. The van der Waals surface area contributed by atoms with Crippen LogP contribution in [0.5, 0.6) is 0 Å². The third kappa shape index (κ3) is 3.83. The van der Waals surface area contributed by atoms with Gasteiger partial charge < -0.3 is 14.6 Å². The lowest BCUT2D eigenvalue weighted by molar-refractivity contribution is -0.185. The number of rotatable bonds is 8. The van der Waals surface area contributed by atoms with E-state index < -0.39 is 28.5 Å². The number of fused-ring (bicyclic) bond motifs is 4. The zero-order valence-corrected chi connectivity index (χ0v) is 20.9. The van der Waals surface area contributed by atoms with Gasteiger partial charge in [0.25, 0.3) is 0 Å². The zero-order chi connectivity index (χ0) is 24.7. The molecule has 186 valence electrons. The first-order valence-electron chi connectivity index (χ1n) is 12.8. The number of unbranched alkanes of at least 4 members (excludes halogenated alkanes) is 2. The fourth-order valence-electron chi connectivity index (χ4n) is 7.25. The molecule has 1 fully saturated rings. The summed E-state index contributed by atoms with van der Waals surface area (Å²) in [6.45, 7) is 7.96. The molecule has 0 saturated heterocycles. The standard InChI is InChI=1S/C28H38O6/c1-5-6-7-14-33-17-24(32)28(34-18(2)29)13-11-22-21-9-8-19-15-20(30)10-12-26(19,3)25(21)23(31)16-27(22,28)4/h10,12,15,22-23,31H,5-9,11,13-14,16-17H2,1-4H3/t22-,23?,26-,27-,28-/m0/s1. The number of hydrogen-bond acceptors (Lipinski definition) is 6. The van der Waals surface area contributed by atoms with E-state index in [-0.39, 0.29) is 24.1 Å². The van der Waals surface area contributed by atoms with Crippen molar-refractivity contribution < 1.29 is 29.0 Å². The van der Waals surface area contributed by atoms with Crippen LogP contribution in [-0.2, 0) is 23.9 Å². The van der Waals surface area contributed by atoms with Gasteiger partial charge in [-0.15, -0.1) is 0 Å². The maximum absolute atomic E-state index is 13.6. The van der Waals surface area contributed by atoms with Gasteiger partial charge in [-0.05, 0) is 69.1 Å². The lowest BCUT2D eigenvalue weighted by Gasteiger charge is -2.53. The normalized spacial score (nSPS) is 36.5. The number of carbonyl (C=O) groups is 3. The Bertz CT molecular complexity index is 973. The molecule has 4 aliphatic rings. The molecule has 0 aromatic heterocycles. The second-order valence-electron chi connectivity index (χ2n) is 10.9. The van der Waals surface area contributed by atoms with E-state index in [2.05, 4.69) is 13.8 Å². The van der Waals surface area contributed by atoms with E-state index in [1.54, 1.807) is 12.2 Å². The van der Waals surface area contributed by atoms with Crippen LogP contribution >= 0.6 is 0 Å². The van der Waals surface area contributed by atoms with Crippen LogP contribution in [-0.4, -0.2) is 47.6 Å². The Morgan fingerprint density at radius 2 is 1.97 bits per heavy atom. The third-order valence-corrected chi connectivity index (χ3v) is 8.88. The topological polar surface area (TPSA) is 89.9 Å². The van der Waals surface area contributed by atoms with Crippen LogP contribution in [0, 0.1) is 16.7 Å². The molecule has 0 amide bonds. The third-order valence-electron chi connectivity index (χ3n) is 8.88. The van der Waals surface area contributed by atoms with Gasteiger partial charge >= 0.3 is 5.97 Å². The fraction of sp³-hybridized carbons (Fsp3) is 0.679. The summed E-state index contributed by atoms with van der Waals surface area (Å²) in [4.78, 5) is 37.9. The largest absolute Gasteiger partial charge is 0.451 e. The molecule has 6 heteroatoms. The minimum Gasteiger partial charge on any atom is -0.451 e. The predicted molar refractivity (Wildman–Crippen MR) is 128 cm³/mol. The number of hydrogen-bond donors (Lipinski definition) is 1. The summed E-state index contributed by atoms with van der Waals surface area (Å²) in [5.41, 5.74) is 0.683. The molecule has 5 atom stereocenters. The summed E-state index contributed by atoms with van der Waals surface area (Å²) in [6.07, 6.45) is 10.4. The number of esters is 1. The maximum atomic E-state index is 13.6. The van der Waals surface area contributed by atoms with Gasteiger partial charge in [0.15, 0.2) is 11.4 Å². The molecule has 4 rings (SSSR count). The first-order chi connectivity index (χ1) is 16.1. The van der Waals surface area contributed by atoms with Gasteiger partial charge in [0.1, 0.15) is 6.61 Å². The summed E-state index contributed by atoms with van der Waals surface area (Å²) in [5.74, 6) is -0.666. The molecule has 1 unspecified atom stereocenters. The van der Waals surface area contributed by atoms with Crippen LogP contribution in [0.25, 0.3) is 0 Å². The van der Waals surface area contributed by atoms with Crippen LogP contribution in [0.4, 0.5) is 0 Å². The van der Waals surface area contributed by atoms with Crippen LogP contribution in [0.3, 0.4) is 0 Å². The van der Waals surface area contributed by atoms with Crippen molar-refractivity contribution in [2.24, 2.45) is 16.7 Å². The number of aliphatic hydroxyl groups is 1. The Labute approximate surface area is 202 Å². The minimum absolute atomic E-state index is 0.00839. The molecule has 0 radical (unpaired) electrons. The molecule has 0 heterocycles. The highest BCUT2D eigenvalue weighted by atomic mass is 16.6. The van der Waals surface area contributed by atoms with Gasteiger partial charge in [-0.2, -0.15) is 0 Å².